The van der Waals surface area contributed by atoms with Crippen LogP contribution in [0.15, 0.2) is 42.5 Å². The summed E-state index contributed by atoms with van der Waals surface area (Å²) < 4.78 is 0. The first-order chi connectivity index (χ1) is 8.69. The second-order valence-electron chi connectivity index (χ2n) is 3.72. The van der Waals surface area contributed by atoms with Crippen LogP contribution in [0.5, 0.6) is 0 Å². The molecule has 0 aliphatic heterocycles. The zero-order valence-corrected chi connectivity index (χ0v) is 10.0. The summed E-state index contributed by atoms with van der Waals surface area (Å²) in [5.74, 6) is -0.790. The lowest BCUT2D eigenvalue weighted by Crippen LogP contribution is -2.02. The average Bonchev–Trinajstić information content (AvgIpc) is 2.39. The van der Waals surface area contributed by atoms with E-state index in [4.69, 9.17) is 15.9 Å². The summed E-state index contributed by atoms with van der Waals surface area (Å²) in [4.78, 5) is 10.6. The molecule has 0 unspecified atom stereocenters. The molecule has 0 spiro atoms. The molecule has 2 aromatic rings. The molecule has 4 nitrogen and oxygen atoms in total. The van der Waals surface area contributed by atoms with Gasteiger partial charge in [0.25, 0.3) is 0 Å². The summed E-state index contributed by atoms with van der Waals surface area (Å²) in [6, 6.07) is 13.5. The molecule has 0 saturated heterocycles. The van der Waals surface area contributed by atoms with E-state index < -0.39 is 5.97 Å². The predicted molar refractivity (Wildman–Crippen MR) is 71.4 cm³/mol. The number of hydrogen-bond donors (Lipinski definition) is 3. The number of benzene rings is 2. The van der Waals surface area contributed by atoms with Crippen molar-refractivity contribution in [3.63, 3.8) is 0 Å². The molecule has 0 bridgehead atoms. The number of aliphatic hydroxyl groups is 1. The highest BCUT2D eigenvalue weighted by Gasteiger charge is 2.03. The van der Waals surface area contributed by atoms with Crippen molar-refractivity contribution in [3.8, 4) is 0 Å². The van der Waals surface area contributed by atoms with Crippen molar-refractivity contribution < 1.29 is 15.0 Å². The third kappa shape index (κ3) is 4.16. The van der Waals surface area contributed by atoms with Crippen LogP contribution in [0.3, 0.4) is 0 Å². The molecule has 0 heterocycles. The standard InChI is InChI=1S/C12H10O2.C2H7NO/c13-12(14)8-10-6-3-5-9-4-1-2-7-11(9)10;3-1-2-4/h1-7H,8H2,(H,13,14);4H,1-3H2. The minimum atomic E-state index is -0.790. The molecule has 0 radical (unpaired) electrons. The molecule has 0 fully saturated rings. The number of rotatable bonds is 3. The van der Waals surface area contributed by atoms with Crippen LogP contribution in [0.2, 0.25) is 0 Å². The van der Waals surface area contributed by atoms with Crippen LogP contribution in [0.4, 0.5) is 0 Å². The number of fused-ring (bicyclic) bond motifs is 1. The lowest BCUT2D eigenvalue weighted by atomic mass is 10.0. The minimum Gasteiger partial charge on any atom is -0.481 e. The Morgan fingerprint density at radius 1 is 1.11 bits per heavy atom. The van der Waals surface area contributed by atoms with E-state index in [0.717, 1.165) is 16.3 Å². The Morgan fingerprint density at radius 3 is 2.33 bits per heavy atom. The van der Waals surface area contributed by atoms with Gasteiger partial charge in [0.1, 0.15) is 0 Å². The first-order valence-corrected chi connectivity index (χ1v) is 5.68. The van der Waals surface area contributed by atoms with Gasteiger partial charge >= 0.3 is 5.97 Å². The first-order valence-electron chi connectivity index (χ1n) is 5.68. The van der Waals surface area contributed by atoms with Crippen LogP contribution in [0.25, 0.3) is 10.8 Å². The molecule has 4 N–H and O–H groups in total. The molecule has 18 heavy (non-hydrogen) atoms. The van der Waals surface area contributed by atoms with Crippen LogP contribution in [0.1, 0.15) is 5.56 Å². The molecular weight excluding hydrogens is 230 g/mol. The van der Waals surface area contributed by atoms with E-state index in [1.807, 2.05) is 42.5 Å². The molecule has 0 aliphatic carbocycles. The fraction of sp³-hybridized carbons (Fsp3) is 0.214. The topological polar surface area (TPSA) is 83.5 Å². The van der Waals surface area contributed by atoms with E-state index in [-0.39, 0.29) is 13.0 Å². The summed E-state index contributed by atoms with van der Waals surface area (Å²) in [5, 5.41) is 18.6. The summed E-state index contributed by atoms with van der Waals surface area (Å²) >= 11 is 0. The van der Waals surface area contributed by atoms with E-state index in [1.54, 1.807) is 0 Å². The van der Waals surface area contributed by atoms with Crippen molar-refractivity contribution in [2.24, 2.45) is 5.73 Å². The quantitative estimate of drug-likeness (QED) is 0.765. The van der Waals surface area contributed by atoms with E-state index in [2.05, 4.69) is 0 Å². The van der Waals surface area contributed by atoms with Gasteiger partial charge in [0, 0.05) is 6.54 Å². The van der Waals surface area contributed by atoms with Gasteiger partial charge in [-0.2, -0.15) is 0 Å². The van der Waals surface area contributed by atoms with Gasteiger partial charge in [-0.3, -0.25) is 4.79 Å². The molecular formula is C14H17NO3. The lowest BCUT2D eigenvalue weighted by Gasteiger charge is -2.02. The Balaban J connectivity index is 0.000000357. The second kappa shape index (κ2) is 7.42. The zero-order valence-electron chi connectivity index (χ0n) is 10.0. The zero-order chi connectivity index (χ0) is 13.4. The van der Waals surface area contributed by atoms with Crippen molar-refractivity contribution in [2.75, 3.05) is 13.2 Å². The van der Waals surface area contributed by atoms with Crippen LogP contribution < -0.4 is 5.73 Å². The Hall–Kier alpha value is -1.91. The largest absolute Gasteiger partial charge is 0.481 e. The maximum atomic E-state index is 10.6. The van der Waals surface area contributed by atoms with Crippen LogP contribution >= 0.6 is 0 Å². The van der Waals surface area contributed by atoms with Gasteiger partial charge in [-0.25, -0.2) is 0 Å². The first kappa shape index (κ1) is 14.2. The third-order valence-electron chi connectivity index (χ3n) is 2.35. The molecule has 2 rings (SSSR count). The van der Waals surface area contributed by atoms with Crippen molar-refractivity contribution >= 4 is 16.7 Å². The molecule has 0 atom stereocenters. The van der Waals surface area contributed by atoms with Crippen LogP contribution in [0, 0.1) is 0 Å². The van der Waals surface area contributed by atoms with Crippen molar-refractivity contribution in [1.29, 1.82) is 0 Å². The summed E-state index contributed by atoms with van der Waals surface area (Å²) in [7, 11) is 0. The fourth-order valence-corrected chi connectivity index (χ4v) is 1.61. The lowest BCUT2D eigenvalue weighted by molar-refractivity contribution is -0.136. The van der Waals surface area contributed by atoms with Crippen molar-refractivity contribution in [1.82, 2.24) is 0 Å². The summed E-state index contributed by atoms with van der Waals surface area (Å²) in [6.07, 6.45) is 0.0847. The Labute approximate surface area is 106 Å². The Bertz CT molecular complexity index is 504. The third-order valence-corrected chi connectivity index (χ3v) is 2.35. The Kier molecular flexibility index (Phi) is 5.84. The summed E-state index contributed by atoms with van der Waals surface area (Å²) in [5.41, 5.74) is 5.65. The molecule has 0 saturated carbocycles. The number of carboxylic acids is 1. The second-order valence-corrected chi connectivity index (χ2v) is 3.72. The van der Waals surface area contributed by atoms with Gasteiger partial charge in [0.15, 0.2) is 0 Å². The highest BCUT2D eigenvalue weighted by atomic mass is 16.4. The molecule has 0 amide bonds. The van der Waals surface area contributed by atoms with Crippen LogP contribution in [-0.4, -0.2) is 29.3 Å². The maximum absolute atomic E-state index is 10.6. The van der Waals surface area contributed by atoms with Gasteiger partial charge in [-0.1, -0.05) is 42.5 Å². The van der Waals surface area contributed by atoms with Crippen molar-refractivity contribution in [3.05, 3.63) is 48.0 Å². The van der Waals surface area contributed by atoms with E-state index >= 15 is 0 Å². The van der Waals surface area contributed by atoms with Gasteiger partial charge in [0.2, 0.25) is 0 Å². The molecule has 0 aromatic heterocycles. The van der Waals surface area contributed by atoms with E-state index in [1.165, 1.54) is 0 Å². The van der Waals surface area contributed by atoms with Crippen molar-refractivity contribution in [2.45, 2.75) is 6.42 Å². The SMILES string of the molecule is NCCO.O=C(O)Cc1cccc2ccccc12. The smallest absolute Gasteiger partial charge is 0.307 e. The van der Waals surface area contributed by atoms with E-state index in [0.29, 0.717) is 6.54 Å². The molecule has 0 aliphatic rings. The minimum absolute atomic E-state index is 0.0847. The van der Waals surface area contributed by atoms with Gasteiger partial charge in [-0.15, -0.1) is 0 Å². The monoisotopic (exact) mass is 247 g/mol. The average molecular weight is 247 g/mol. The van der Waals surface area contributed by atoms with Gasteiger partial charge < -0.3 is 15.9 Å². The van der Waals surface area contributed by atoms with Gasteiger partial charge in [-0.05, 0) is 16.3 Å². The molecule has 2 aromatic carbocycles. The fourth-order valence-electron chi connectivity index (χ4n) is 1.61. The number of aliphatic carboxylic acids is 1. The number of nitrogens with two attached hydrogens (primary N) is 1. The van der Waals surface area contributed by atoms with E-state index in [9.17, 15) is 4.79 Å². The maximum Gasteiger partial charge on any atom is 0.307 e. The Morgan fingerprint density at radius 2 is 1.72 bits per heavy atom. The molecule has 4 heteroatoms. The predicted octanol–water partition coefficient (Wildman–Crippen LogP) is 1.40. The van der Waals surface area contributed by atoms with Gasteiger partial charge in [0.05, 0.1) is 13.0 Å². The molecule has 96 valence electrons. The number of aliphatic hydroxyl groups excluding tert-OH is 1. The van der Waals surface area contributed by atoms with Crippen LogP contribution in [-0.2, 0) is 11.2 Å². The summed E-state index contributed by atoms with van der Waals surface area (Å²) in [6.45, 7) is 0.472. The highest BCUT2D eigenvalue weighted by Crippen LogP contribution is 2.18. The number of carbonyl (C=O) groups is 1. The number of carboxylic acid groups (broad SMARTS) is 1. The highest BCUT2D eigenvalue weighted by molar-refractivity contribution is 5.88. The number of hydrogen-bond acceptors (Lipinski definition) is 3. The normalized spacial score (nSPS) is 9.67.